The number of aryl methyl sites for hydroxylation is 2. The summed E-state index contributed by atoms with van der Waals surface area (Å²) in [6.07, 6.45) is 3.60. The lowest BCUT2D eigenvalue weighted by Gasteiger charge is -1.90. The maximum atomic E-state index is 5.43. The largest absolute Gasteiger partial charge is 0.399 e. The predicted molar refractivity (Wildman–Crippen MR) is 64.6 cm³/mol. The quantitative estimate of drug-likeness (QED) is 0.664. The second-order valence-corrected chi connectivity index (χ2v) is 3.44. The zero-order chi connectivity index (χ0) is 11.1. The molecule has 78 valence electrons. The maximum absolute atomic E-state index is 5.43. The molecule has 0 amide bonds. The normalized spacial score (nSPS) is 8.93. The second-order valence-electron chi connectivity index (χ2n) is 3.44. The van der Waals surface area contributed by atoms with E-state index in [1.807, 2.05) is 56.4 Å². The van der Waals surface area contributed by atoms with Crippen molar-refractivity contribution in [1.82, 2.24) is 4.98 Å². The number of anilines is 1. The number of nitrogens with two attached hydrogens (primary N) is 1. The Hall–Kier alpha value is -1.83. The van der Waals surface area contributed by atoms with Gasteiger partial charge in [0.05, 0.1) is 0 Å². The van der Waals surface area contributed by atoms with Gasteiger partial charge < -0.3 is 5.73 Å². The summed E-state index contributed by atoms with van der Waals surface area (Å²) in [6, 6.07) is 11.7. The minimum atomic E-state index is 0.829. The van der Waals surface area contributed by atoms with Gasteiger partial charge in [-0.25, -0.2) is 0 Å². The van der Waals surface area contributed by atoms with E-state index in [1.54, 1.807) is 6.20 Å². The molecule has 0 unspecified atom stereocenters. The van der Waals surface area contributed by atoms with Crippen LogP contribution in [0, 0.1) is 13.8 Å². The molecule has 0 fully saturated rings. The fraction of sp³-hybridized carbons (Fsp3) is 0.154. The number of nitrogens with zero attached hydrogens (tertiary/aromatic N) is 1. The van der Waals surface area contributed by atoms with Gasteiger partial charge in [0.1, 0.15) is 0 Å². The molecule has 1 aromatic heterocycles. The lowest BCUT2D eigenvalue weighted by Crippen LogP contribution is -1.81. The van der Waals surface area contributed by atoms with Gasteiger partial charge in [0.2, 0.25) is 0 Å². The first kappa shape index (κ1) is 11.2. The first-order valence-corrected chi connectivity index (χ1v) is 4.87. The summed E-state index contributed by atoms with van der Waals surface area (Å²) in [5, 5.41) is 0. The van der Waals surface area contributed by atoms with Gasteiger partial charge in [-0.15, -0.1) is 0 Å². The van der Waals surface area contributed by atoms with Crippen LogP contribution in [-0.4, -0.2) is 4.98 Å². The molecular weight excluding hydrogens is 184 g/mol. The maximum Gasteiger partial charge on any atom is 0.0314 e. The van der Waals surface area contributed by atoms with Crippen LogP contribution >= 0.6 is 0 Å². The van der Waals surface area contributed by atoms with Crippen LogP contribution in [0.1, 0.15) is 11.1 Å². The molecule has 2 nitrogen and oxygen atoms in total. The molecule has 0 aliphatic rings. The Labute approximate surface area is 90.8 Å². The Bertz CT molecular complexity index is 358. The molecule has 15 heavy (non-hydrogen) atoms. The van der Waals surface area contributed by atoms with Crippen LogP contribution in [0.15, 0.2) is 48.8 Å². The fourth-order valence-electron chi connectivity index (χ4n) is 1.01. The lowest BCUT2D eigenvalue weighted by molar-refractivity contribution is 1.27. The van der Waals surface area contributed by atoms with E-state index in [9.17, 15) is 0 Å². The summed E-state index contributed by atoms with van der Waals surface area (Å²) in [6.45, 7) is 4.06. The van der Waals surface area contributed by atoms with Gasteiger partial charge >= 0.3 is 0 Å². The van der Waals surface area contributed by atoms with E-state index in [-0.39, 0.29) is 0 Å². The Kier molecular flexibility index (Phi) is 4.35. The molecule has 0 radical (unpaired) electrons. The Morgan fingerprint density at radius 1 is 0.933 bits per heavy atom. The van der Waals surface area contributed by atoms with Gasteiger partial charge in [-0.3, -0.25) is 4.98 Å². The molecule has 2 aromatic rings. The standard InChI is InChI=1S/C7H9N.C6H7N/c1-6-2-4-7(8)5-3-6;1-6-3-2-4-7-5-6/h2-5H,8H2,1H3;2-5H,1H3. The van der Waals surface area contributed by atoms with Gasteiger partial charge in [-0.2, -0.15) is 0 Å². The molecular formula is C13H16N2. The van der Waals surface area contributed by atoms with Crippen LogP contribution in [0.4, 0.5) is 5.69 Å². The topological polar surface area (TPSA) is 38.9 Å². The van der Waals surface area contributed by atoms with E-state index in [1.165, 1.54) is 11.1 Å². The van der Waals surface area contributed by atoms with E-state index in [4.69, 9.17) is 5.73 Å². The predicted octanol–water partition coefficient (Wildman–Crippen LogP) is 2.97. The van der Waals surface area contributed by atoms with Crippen LogP contribution in [0.2, 0.25) is 0 Å². The molecule has 0 spiro atoms. The third-order valence-corrected chi connectivity index (χ3v) is 1.89. The second kappa shape index (κ2) is 5.81. The van der Waals surface area contributed by atoms with Crippen molar-refractivity contribution in [2.75, 3.05) is 5.73 Å². The minimum Gasteiger partial charge on any atom is -0.399 e. The lowest BCUT2D eigenvalue weighted by atomic mass is 10.2. The summed E-state index contributed by atoms with van der Waals surface area (Å²) < 4.78 is 0. The van der Waals surface area contributed by atoms with Crippen LogP contribution in [0.5, 0.6) is 0 Å². The van der Waals surface area contributed by atoms with Gasteiger partial charge in [-0.05, 0) is 37.6 Å². The van der Waals surface area contributed by atoms with Crippen molar-refractivity contribution < 1.29 is 0 Å². The van der Waals surface area contributed by atoms with Crippen molar-refractivity contribution in [3.8, 4) is 0 Å². The molecule has 1 heterocycles. The Balaban J connectivity index is 0.000000151. The van der Waals surface area contributed by atoms with E-state index >= 15 is 0 Å². The number of hydrogen-bond acceptors (Lipinski definition) is 2. The van der Waals surface area contributed by atoms with Crippen LogP contribution < -0.4 is 5.73 Å². The molecule has 0 aliphatic heterocycles. The fourth-order valence-corrected chi connectivity index (χ4v) is 1.01. The summed E-state index contributed by atoms with van der Waals surface area (Å²) in [7, 11) is 0. The minimum absolute atomic E-state index is 0.829. The summed E-state index contributed by atoms with van der Waals surface area (Å²) in [5.74, 6) is 0. The summed E-state index contributed by atoms with van der Waals surface area (Å²) >= 11 is 0. The first-order valence-electron chi connectivity index (χ1n) is 4.87. The van der Waals surface area contributed by atoms with E-state index in [2.05, 4.69) is 4.98 Å². The first-order chi connectivity index (χ1) is 7.18. The van der Waals surface area contributed by atoms with Crippen molar-refractivity contribution in [1.29, 1.82) is 0 Å². The molecule has 0 bridgehead atoms. The third-order valence-electron chi connectivity index (χ3n) is 1.89. The average Bonchev–Trinajstić information content (AvgIpc) is 2.25. The van der Waals surface area contributed by atoms with Crippen molar-refractivity contribution in [2.45, 2.75) is 13.8 Å². The van der Waals surface area contributed by atoms with Crippen molar-refractivity contribution in [3.63, 3.8) is 0 Å². The Morgan fingerprint density at radius 2 is 1.60 bits per heavy atom. The highest BCUT2D eigenvalue weighted by Gasteiger charge is 1.80. The van der Waals surface area contributed by atoms with Crippen molar-refractivity contribution >= 4 is 5.69 Å². The zero-order valence-electron chi connectivity index (χ0n) is 9.14. The summed E-state index contributed by atoms with van der Waals surface area (Å²) in [4.78, 5) is 3.88. The third kappa shape index (κ3) is 4.81. The van der Waals surface area contributed by atoms with E-state index in [0.717, 1.165) is 5.69 Å². The van der Waals surface area contributed by atoms with Crippen molar-refractivity contribution in [2.24, 2.45) is 0 Å². The number of pyridine rings is 1. The monoisotopic (exact) mass is 200 g/mol. The van der Waals surface area contributed by atoms with Gasteiger partial charge in [-0.1, -0.05) is 23.8 Å². The number of aromatic nitrogens is 1. The highest BCUT2D eigenvalue weighted by molar-refractivity contribution is 5.38. The molecule has 2 rings (SSSR count). The Morgan fingerprint density at radius 3 is 1.93 bits per heavy atom. The molecule has 1 aromatic carbocycles. The van der Waals surface area contributed by atoms with Crippen LogP contribution in [0.3, 0.4) is 0 Å². The van der Waals surface area contributed by atoms with E-state index in [0.29, 0.717) is 0 Å². The molecule has 0 saturated carbocycles. The summed E-state index contributed by atoms with van der Waals surface area (Å²) in [5.41, 5.74) is 8.72. The van der Waals surface area contributed by atoms with Crippen molar-refractivity contribution in [3.05, 3.63) is 59.9 Å². The SMILES string of the molecule is Cc1ccc(N)cc1.Cc1cccnc1. The number of benzene rings is 1. The highest BCUT2D eigenvalue weighted by atomic mass is 14.6. The molecule has 0 aliphatic carbocycles. The zero-order valence-corrected chi connectivity index (χ0v) is 9.14. The smallest absolute Gasteiger partial charge is 0.0314 e. The molecule has 0 saturated heterocycles. The van der Waals surface area contributed by atoms with Gasteiger partial charge in [0.25, 0.3) is 0 Å². The van der Waals surface area contributed by atoms with Crippen LogP contribution in [-0.2, 0) is 0 Å². The average molecular weight is 200 g/mol. The molecule has 0 atom stereocenters. The van der Waals surface area contributed by atoms with Crippen LogP contribution in [0.25, 0.3) is 0 Å². The number of rotatable bonds is 0. The number of nitrogen functional groups attached to an aromatic ring is 1. The number of hydrogen-bond donors (Lipinski definition) is 1. The molecule has 2 N–H and O–H groups in total. The molecule has 2 heteroatoms. The highest BCUT2D eigenvalue weighted by Crippen LogP contribution is 2.02. The van der Waals surface area contributed by atoms with E-state index < -0.39 is 0 Å². The van der Waals surface area contributed by atoms with Gasteiger partial charge in [0.15, 0.2) is 0 Å². The van der Waals surface area contributed by atoms with Gasteiger partial charge in [0, 0.05) is 18.1 Å².